The van der Waals surface area contributed by atoms with Gasteiger partial charge < -0.3 is 0 Å². The molecule has 1 N–H and O–H groups in total. The quantitative estimate of drug-likeness (QED) is 0.172. The Balaban J connectivity index is 1.67. The molecule has 7 nitrogen and oxygen atoms in total. The van der Waals surface area contributed by atoms with Crippen LogP contribution in [0.15, 0.2) is 119 Å². The number of hydrogen-bond acceptors (Lipinski definition) is 4. The Labute approximate surface area is 207 Å². The van der Waals surface area contributed by atoms with E-state index in [2.05, 4.69) is 5.10 Å². The highest BCUT2D eigenvalue weighted by molar-refractivity contribution is 6.05. The van der Waals surface area contributed by atoms with E-state index in [0.717, 1.165) is 22.4 Å². The number of para-hydroxylation sites is 1. The van der Waals surface area contributed by atoms with E-state index in [1.807, 2.05) is 91.9 Å². The van der Waals surface area contributed by atoms with E-state index in [4.69, 9.17) is 4.99 Å². The van der Waals surface area contributed by atoms with E-state index >= 15 is 0 Å². The zero-order valence-electron chi connectivity index (χ0n) is 19.5. The average molecular weight is 475 g/mol. The van der Waals surface area contributed by atoms with Gasteiger partial charge in [-0.15, -0.1) is 0 Å². The van der Waals surface area contributed by atoms with Gasteiger partial charge in [0.2, 0.25) is 0 Å². The molecule has 7 heteroatoms. The lowest BCUT2D eigenvalue weighted by Crippen LogP contribution is -2.19. The molecular weight excluding hydrogens is 452 g/mol. The van der Waals surface area contributed by atoms with Gasteiger partial charge in [0.15, 0.2) is 0 Å². The van der Waals surface area contributed by atoms with Crippen molar-refractivity contribution in [2.75, 3.05) is 0 Å². The number of nitrogens with zero attached hydrogens (tertiary/aromatic N) is 3. The number of rotatable bonds is 6. The summed E-state index contributed by atoms with van der Waals surface area (Å²) in [5, 5.41) is 14.3. The molecule has 36 heavy (non-hydrogen) atoms. The molecule has 4 aromatic carbocycles. The van der Waals surface area contributed by atoms with Crippen molar-refractivity contribution in [1.82, 2.24) is 9.78 Å². The van der Waals surface area contributed by atoms with Crippen LogP contribution in [0.5, 0.6) is 0 Å². The summed E-state index contributed by atoms with van der Waals surface area (Å²) in [5.41, 5.74) is 5.35. The van der Waals surface area contributed by atoms with Gasteiger partial charge in [0.25, 0.3) is 11.2 Å². The van der Waals surface area contributed by atoms with Crippen molar-refractivity contribution in [2.45, 2.75) is 6.92 Å². The smallest absolute Gasteiger partial charge is 0.280 e. The fourth-order valence-corrected chi connectivity index (χ4v) is 4.16. The van der Waals surface area contributed by atoms with Crippen LogP contribution in [0.25, 0.3) is 28.1 Å². The predicted octanol–water partition coefficient (Wildman–Crippen LogP) is 6.55. The summed E-state index contributed by atoms with van der Waals surface area (Å²) in [7, 11) is 0. The third kappa shape index (κ3) is 4.37. The first-order valence-corrected chi connectivity index (χ1v) is 11.4. The van der Waals surface area contributed by atoms with E-state index in [1.165, 1.54) is 16.8 Å². The van der Waals surface area contributed by atoms with Gasteiger partial charge in [0, 0.05) is 23.3 Å². The van der Waals surface area contributed by atoms with Gasteiger partial charge in [-0.05, 0) is 30.7 Å². The standard InChI is InChI=1S/C29H22N4O3/c1-20(30-26-15-9-8-14-25(26)21-10-4-2-5-11-21)27-28(22-12-6-3-7-13-22)31-32(29(27)34)23-16-18-24(19-17-23)33(35)36/h2-19,31H,1H3. The molecule has 0 radical (unpaired) electrons. The average Bonchev–Trinajstić information content (AvgIpc) is 3.27. The molecule has 0 aliphatic carbocycles. The van der Waals surface area contributed by atoms with Crippen LogP contribution in [0.2, 0.25) is 0 Å². The molecule has 0 amide bonds. The van der Waals surface area contributed by atoms with Crippen LogP contribution in [0.3, 0.4) is 0 Å². The van der Waals surface area contributed by atoms with Crippen LogP contribution in [0.4, 0.5) is 11.4 Å². The Morgan fingerprint density at radius 1 is 0.806 bits per heavy atom. The van der Waals surface area contributed by atoms with Crippen LogP contribution in [0, 0.1) is 10.1 Å². The maximum atomic E-state index is 13.7. The van der Waals surface area contributed by atoms with Crippen molar-refractivity contribution < 1.29 is 4.92 Å². The number of nitrogens with one attached hydrogen (secondary N) is 1. The second-order valence-electron chi connectivity index (χ2n) is 8.22. The summed E-state index contributed by atoms with van der Waals surface area (Å²) >= 11 is 0. The number of H-pyrrole nitrogens is 1. The molecule has 5 rings (SSSR count). The van der Waals surface area contributed by atoms with Gasteiger partial charge in [0.05, 0.1) is 33.3 Å². The first-order chi connectivity index (χ1) is 17.5. The molecule has 0 saturated carbocycles. The van der Waals surface area contributed by atoms with Crippen LogP contribution in [0.1, 0.15) is 12.5 Å². The summed E-state index contributed by atoms with van der Waals surface area (Å²) < 4.78 is 1.39. The number of hydrogen-bond donors (Lipinski definition) is 1. The molecular formula is C29H22N4O3. The molecule has 0 unspecified atom stereocenters. The van der Waals surface area contributed by atoms with Gasteiger partial charge >= 0.3 is 0 Å². The van der Waals surface area contributed by atoms with Crippen molar-refractivity contribution in [2.24, 2.45) is 4.99 Å². The van der Waals surface area contributed by atoms with E-state index in [1.54, 1.807) is 12.1 Å². The van der Waals surface area contributed by atoms with E-state index < -0.39 is 4.92 Å². The second-order valence-corrected chi connectivity index (χ2v) is 8.22. The number of nitro groups is 1. The molecule has 0 aliphatic rings. The topological polar surface area (TPSA) is 93.3 Å². The van der Waals surface area contributed by atoms with Crippen molar-refractivity contribution in [1.29, 1.82) is 0 Å². The SMILES string of the molecule is CC(=Nc1ccccc1-c1ccccc1)c1c(-c2ccccc2)[nH]n(-c2ccc([N+](=O)[O-])cc2)c1=O. The molecule has 0 bridgehead atoms. The van der Waals surface area contributed by atoms with E-state index in [0.29, 0.717) is 22.7 Å². The van der Waals surface area contributed by atoms with Crippen LogP contribution in [-0.2, 0) is 0 Å². The summed E-state index contributed by atoms with van der Waals surface area (Å²) in [4.78, 5) is 29.2. The minimum absolute atomic E-state index is 0.0443. The molecule has 1 heterocycles. The number of benzene rings is 4. The van der Waals surface area contributed by atoms with Crippen molar-refractivity contribution in [3.63, 3.8) is 0 Å². The van der Waals surface area contributed by atoms with Crippen molar-refractivity contribution in [3.8, 4) is 28.1 Å². The Morgan fingerprint density at radius 3 is 2.03 bits per heavy atom. The Kier molecular flexibility index (Phi) is 6.11. The highest BCUT2D eigenvalue weighted by atomic mass is 16.6. The van der Waals surface area contributed by atoms with Gasteiger partial charge in [-0.25, -0.2) is 4.68 Å². The van der Waals surface area contributed by atoms with Gasteiger partial charge in [-0.3, -0.25) is 25.0 Å². The zero-order valence-corrected chi connectivity index (χ0v) is 19.5. The number of aromatic amines is 1. The molecule has 1 aromatic heterocycles. The summed E-state index contributed by atoms with van der Waals surface area (Å²) in [6.45, 7) is 1.82. The predicted molar refractivity (Wildman–Crippen MR) is 142 cm³/mol. The zero-order chi connectivity index (χ0) is 25.1. The van der Waals surface area contributed by atoms with Crippen molar-refractivity contribution >= 4 is 17.1 Å². The van der Waals surface area contributed by atoms with Crippen molar-refractivity contribution in [3.05, 3.63) is 135 Å². The number of nitro benzene ring substituents is 1. The minimum Gasteiger partial charge on any atom is -0.290 e. The van der Waals surface area contributed by atoms with E-state index in [9.17, 15) is 14.9 Å². The Morgan fingerprint density at radius 2 is 1.39 bits per heavy atom. The van der Waals surface area contributed by atoms with Crippen LogP contribution >= 0.6 is 0 Å². The third-order valence-corrected chi connectivity index (χ3v) is 5.91. The fraction of sp³-hybridized carbons (Fsp3) is 0.0345. The van der Waals surface area contributed by atoms with Crippen LogP contribution < -0.4 is 5.56 Å². The maximum Gasteiger partial charge on any atom is 0.280 e. The lowest BCUT2D eigenvalue weighted by Gasteiger charge is -2.07. The first-order valence-electron chi connectivity index (χ1n) is 11.4. The lowest BCUT2D eigenvalue weighted by molar-refractivity contribution is -0.384. The Hall–Kier alpha value is -5.04. The first kappa shape index (κ1) is 22.7. The molecule has 5 aromatic rings. The molecule has 0 atom stereocenters. The number of aromatic nitrogens is 2. The number of non-ortho nitro benzene ring substituents is 1. The highest BCUT2D eigenvalue weighted by Crippen LogP contribution is 2.31. The number of aliphatic imine (C=N–C) groups is 1. The maximum absolute atomic E-state index is 13.7. The van der Waals surface area contributed by atoms with Crippen LogP contribution in [-0.4, -0.2) is 20.4 Å². The molecule has 0 saturated heterocycles. The normalized spacial score (nSPS) is 11.4. The fourth-order valence-electron chi connectivity index (χ4n) is 4.16. The monoisotopic (exact) mass is 474 g/mol. The second kappa shape index (κ2) is 9.68. The largest absolute Gasteiger partial charge is 0.290 e. The van der Waals surface area contributed by atoms with Gasteiger partial charge in [-0.1, -0.05) is 78.9 Å². The molecule has 0 aliphatic heterocycles. The molecule has 0 spiro atoms. The third-order valence-electron chi connectivity index (χ3n) is 5.91. The highest BCUT2D eigenvalue weighted by Gasteiger charge is 2.20. The molecule has 176 valence electrons. The van der Waals surface area contributed by atoms with E-state index in [-0.39, 0.29) is 11.2 Å². The van der Waals surface area contributed by atoms with Gasteiger partial charge in [0.1, 0.15) is 0 Å². The van der Waals surface area contributed by atoms with Gasteiger partial charge in [-0.2, -0.15) is 0 Å². The summed E-state index contributed by atoms with van der Waals surface area (Å²) in [6.07, 6.45) is 0. The lowest BCUT2D eigenvalue weighted by atomic mass is 10.0. The summed E-state index contributed by atoms with van der Waals surface area (Å²) in [6, 6.07) is 33.2. The summed E-state index contributed by atoms with van der Waals surface area (Å²) in [5.74, 6) is 0. The minimum atomic E-state index is -0.469. The molecule has 0 fully saturated rings. The Bertz CT molecular complexity index is 1620.